The monoisotopic (exact) mass is 484 g/mol. The second kappa shape index (κ2) is 9.65. The molecule has 1 amide bonds. The van der Waals surface area contributed by atoms with Crippen LogP contribution in [0.25, 0.3) is 0 Å². The number of nitrogens with zero attached hydrogens (tertiary/aromatic N) is 1. The smallest absolute Gasteiger partial charge is 0.381 e. The van der Waals surface area contributed by atoms with Gasteiger partial charge < -0.3 is 20.2 Å². The van der Waals surface area contributed by atoms with Gasteiger partial charge in [-0.3, -0.25) is 0 Å². The van der Waals surface area contributed by atoms with Crippen LogP contribution in [0.15, 0.2) is 65.1 Å². The number of hydrogen-bond donors (Lipinski definition) is 2. The van der Waals surface area contributed by atoms with Crippen molar-refractivity contribution in [2.45, 2.75) is 24.8 Å². The first-order valence-electron chi connectivity index (χ1n) is 12.2. The number of nitrogens with two attached hydrogens (primary N) is 1. The second-order valence-corrected chi connectivity index (χ2v) is 9.63. The van der Waals surface area contributed by atoms with Crippen LogP contribution in [0, 0.1) is 11.8 Å². The fourth-order valence-corrected chi connectivity index (χ4v) is 5.36. The molecule has 3 N–H and O–H groups in total. The van der Waals surface area contributed by atoms with Crippen LogP contribution in [0.5, 0.6) is 0 Å². The minimum atomic E-state index is -0.412. The molecule has 0 saturated carbocycles. The van der Waals surface area contributed by atoms with E-state index in [0.717, 1.165) is 36.2 Å². The van der Waals surface area contributed by atoms with Gasteiger partial charge in [0.25, 0.3) is 0 Å². The first-order chi connectivity index (χ1) is 17.5. The lowest BCUT2D eigenvalue weighted by atomic mass is 9.73. The van der Waals surface area contributed by atoms with Crippen LogP contribution < -0.4 is 11.1 Å². The van der Waals surface area contributed by atoms with Crippen molar-refractivity contribution < 1.29 is 23.2 Å². The van der Waals surface area contributed by atoms with Crippen molar-refractivity contribution in [1.29, 1.82) is 0 Å². The van der Waals surface area contributed by atoms with Crippen LogP contribution in [0.2, 0.25) is 0 Å². The van der Waals surface area contributed by atoms with E-state index in [0.29, 0.717) is 25.4 Å². The fourth-order valence-electron chi connectivity index (χ4n) is 5.36. The van der Waals surface area contributed by atoms with Crippen molar-refractivity contribution in [2.24, 2.45) is 5.73 Å². The van der Waals surface area contributed by atoms with E-state index in [1.165, 1.54) is 12.7 Å². The Morgan fingerprint density at radius 1 is 1.08 bits per heavy atom. The van der Waals surface area contributed by atoms with E-state index in [4.69, 9.17) is 14.9 Å². The van der Waals surface area contributed by atoms with Crippen molar-refractivity contribution in [3.05, 3.63) is 88.9 Å². The number of fused-ring (bicyclic) bond motifs is 2. The number of nitrogens with one attached hydrogen (secondary N) is 1. The Kier molecular flexibility index (Phi) is 6.40. The molecule has 1 saturated heterocycles. The Morgan fingerprint density at radius 2 is 1.86 bits per heavy atom. The molecule has 2 aliphatic heterocycles. The van der Waals surface area contributed by atoms with E-state index in [2.05, 4.69) is 29.3 Å². The van der Waals surface area contributed by atoms with Crippen LogP contribution in [-0.2, 0) is 21.5 Å². The lowest BCUT2D eigenvalue weighted by molar-refractivity contribution is -0.849. The molecule has 1 fully saturated rings. The standard InChI is InChI=1S/C29H30N3O4/c1-35-27(33)19-32(28(34)26-12-10-23(36-26)9-7-21-5-3-2-4-6-21)15-13-29(14-16-32)20-31-25-11-8-22(18-30)17-24(25)29/h2-6,8,10-12,17,31H,13-16,18-20,30H2,1H3/q+1. The number of benzene rings is 2. The highest BCUT2D eigenvalue weighted by atomic mass is 16.5. The second-order valence-electron chi connectivity index (χ2n) is 9.63. The molecule has 1 aromatic heterocycles. The number of esters is 1. The van der Waals surface area contributed by atoms with Crippen LogP contribution in [-0.4, -0.2) is 49.6 Å². The Balaban J connectivity index is 1.40. The lowest BCUT2D eigenvalue weighted by Gasteiger charge is -2.44. The summed E-state index contributed by atoms with van der Waals surface area (Å²) >= 11 is 0. The zero-order valence-electron chi connectivity index (χ0n) is 20.4. The number of piperidine rings is 1. The molecule has 3 heterocycles. The van der Waals surface area contributed by atoms with Gasteiger partial charge >= 0.3 is 11.9 Å². The number of methoxy groups -OCH3 is 1. The van der Waals surface area contributed by atoms with E-state index < -0.39 is 5.97 Å². The molecule has 184 valence electrons. The lowest BCUT2D eigenvalue weighted by Crippen LogP contribution is -2.62. The summed E-state index contributed by atoms with van der Waals surface area (Å²) in [7, 11) is 1.35. The minimum Gasteiger partial charge on any atom is -0.465 e. The van der Waals surface area contributed by atoms with E-state index in [-0.39, 0.29) is 28.1 Å². The van der Waals surface area contributed by atoms with Crippen molar-refractivity contribution >= 4 is 17.6 Å². The third kappa shape index (κ3) is 4.41. The summed E-state index contributed by atoms with van der Waals surface area (Å²) in [6.45, 7) is 2.28. The Labute approximate surface area is 210 Å². The number of carbonyl (C=O) groups excluding carboxylic acids is 2. The highest BCUT2D eigenvalue weighted by molar-refractivity contribution is 5.88. The van der Waals surface area contributed by atoms with E-state index in [1.807, 2.05) is 36.4 Å². The molecule has 0 unspecified atom stereocenters. The number of anilines is 1. The van der Waals surface area contributed by atoms with Gasteiger partial charge in [-0.05, 0) is 47.4 Å². The van der Waals surface area contributed by atoms with Crippen molar-refractivity contribution in [3.63, 3.8) is 0 Å². The molecular formula is C29H30N3O4+. The SMILES string of the molecule is COC(=O)C[N+]1(C(=O)c2ccc(C#Cc3ccccc3)o2)CCC2(CC1)CNc1ccc(CN)cc12. The molecule has 0 atom stereocenters. The third-order valence-electron chi connectivity index (χ3n) is 7.56. The number of amides is 1. The van der Waals surface area contributed by atoms with Gasteiger partial charge in [0.1, 0.15) is 0 Å². The Hall–Kier alpha value is -3.86. The number of likely N-dealkylation sites (tertiary alicyclic amines) is 1. The predicted octanol–water partition coefficient (Wildman–Crippen LogP) is 3.43. The van der Waals surface area contributed by atoms with Crippen LogP contribution in [0.1, 0.15) is 45.8 Å². The topological polar surface area (TPSA) is 94.6 Å². The molecule has 3 aromatic rings. The first kappa shape index (κ1) is 23.9. The summed E-state index contributed by atoms with van der Waals surface area (Å²) in [6.07, 6.45) is 1.51. The van der Waals surface area contributed by atoms with E-state index >= 15 is 0 Å². The number of ether oxygens (including phenoxy) is 1. The summed E-state index contributed by atoms with van der Waals surface area (Å²) in [5.74, 6) is 6.02. The van der Waals surface area contributed by atoms with Crippen molar-refractivity contribution in [1.82, 2.24) is 0 Å². The summed E-state index contributed by atoms with van der Waals surface area (Å²) in [4.78, 5) is 26.2. The van der Waals surface area contributed by atoms with Crippen molar-refractivity contribution in [2.75, 3.05) is 38.6 Å². The highest BCUT2D eigenvalue weighted by Gasteiger charge is 2.52. The molecule has 7 nitrogen and oxygen atoms in total. The van der Waals surface area contributed by atoms with Crippen LogP contribution in [0.4, 0.5) is 5.69 Å². The maximum Gasteiger partial charge on any atom is 0.381 e. The molecule has 0 bridgehead atoms. The van der Waals surface area contributed by atoms with Gasteiger partial charge in [-0.2, -0.15) is 0 Å². The van der Waals surface area contributed by atoms with Gasteiger partial charge in [-0.1, -0.05) is 36.3 Å². The average molecular weight is 485 g/mol. The maximum absolute atomic E-state index is 13.8. The molecule has 2 aliphatic rings. The zero-order chi connectivity index (χ0) is 25.2. The first-order valence-corrected chi connectivity index (χ1v) is 12.2. The average Bonchev–Trinajstić information content (AvgIpc) is 3.54. The van der Waals surface area contributed by atoms with Gasteiger partial charge in [0.15, 0.2) is 12.3 Å². The third-order valence-corrected chi connectivity index (χ3v) is 7.56. The fraction of sp³-hybridized carbons (Fsp3) is 0.310. The maximum atomic E-state index is 13.8. The van der Waals surface area contributed by atoms with Gasteiger partial charge in [0.05, 0.1) is 20.2 Å². The summed E-state index contributed by atoms with van der Waals surface area (Å²) in [5, 5.41) is 3.52. The van der Waals surface area contributed by atoms with Crippen LogP contribution in [0.3, 0.4) is 0 Å². The zero-order valence-corrected chi connectivity index (χ0v) is 20.4. The molecule has 1 spiro atoms. The molecule has 0 aliphatic carbocycles. The van der Waals surface area contributed by atoms with Gasteiger partial charge in [0, 0.05) is 42.6 Å². The van der Waals surface area contributed by atoms with Gasteiger partial charge in [-0.15, -0.1) is 0 Å². The van der Waals surface area contributed by atoms with E-state index in [9.17, 15) is 9.59 Å². The summed E-state index contributed by atoms with van der Waals surface area (Å²) in [6, 6.07) is 19.3. The van der Waals surface area contributed by atoms with Gasteiger partial charge in [-0.25, -0.2) is 14.1 Å². The molecule has 36 heavy (non-hydrogen) atoms. The molecule has 7 heteroatoms. The largest absolute Gasteiger partial charge is 0.465 e. The number of carbonyl (C=O) groups is 2. The number of quaternary nitrogens is 1. The highest BCUT2D eigenvalue weighted by Crippen LogP contribution is 2.46. The number of furan rings is 1. The molecule has 2 aromatic carbocycles. The molecule has 5 rings (SSSR count). The number of rotatable bonds is 4. The van der Waals surface area contributed by atoms with Crippen LogP contribution >= 0.6 is 0 Å². The molecule has 0 radical (unpaired) electrons. The van der Waals surface area contributed by atoms with Crippen molar-refractivity contribution in [3.8, 4) is 11.8 Å². The van der Waals surface area contributed by atoms with Gasteiger partial charge in [0.2, 0.25) is 5.76 Å². The molecular weight excluding hydrogens is 454 g/mol. The summed E-state index contributed by atoms with van der Waals surface area (Å²) in [5.41, 5.74) is 10.1. The Morgan fingerprint density at radius 3 is 2.58 bits per heavy atom. The quantitative estimate of drug-likeness (QED) is 0.335. The normalized spacial score (nSPS) is 22.3. The minimum absolute atomic E-state index is 0.0275. The Bertz CT molecular complexity index is 1340. The van der Waals surface area contributed by atoms with E-state index in [1.54, 1.807) is 12.1 Å². The number of hydrogen-bond acceptors (Lipinski definition) is 6. The predicted molar refractivity (Wildman–Crippen MR) is 136 cm³/mol. The summed E-state index contributed by atoms with van der Waals surface area (Å²) < 4.78 is 10.8.